The zero-order chi connectivity index (χ0) is 17.1. The van der Waals surface area contributed by atoms with E-state index >= 15 is 0 Å². The lowest BCUT2D eigenvalue weighted by molar-refractivity contribution is -0.117. The van der Waals surface area contributed by atoms with Crippen molar-refractivity contribution in [2.24, 2.45) is 0 Å². The number of anilines is 2. The molecule has 1 aliphatic heterocycles. The molecule has 0 aliphatic carbocycles. The minimum absolute atomic E-state index is 0.0765. The number of aromatic nitrogens is 3. The number of methoxy groups -OCH3 is 1. The Bertz CT molecular complexity index is 773. The van der Waals surface area contributed by atoms with Gasteiger partial charge in [0.15, 0.2) is 5.82 Å². The third kappa shape index (κ3) is 3.62. The summed E-state index contributed by atoms with van der Waals surface area (Å²) in [6, 6.07) is 5.53. The number of carbonyl (C=O) groups is 2. The van der Waals surface area contributed by atoms with Crippen molar-refractivity contribution in [3.05, 3.63) is 30.0 Å². The fourth-order valence-electron chi connectivity index (χ4n) is 2.42. The molecule has 2 N–H and O–H groups in total. The average molecular weight is 331 g/mol. The predicted molar refractivity (Wildman–Crippen MR) is 84.9 cm³/mol. The highest BCUT2D eigenvalue weighted by molar-refractivity contribution is 5.90. The van der Waals surface area contributed by atoms with Crippen LogP contribution in [0.15, 0.2) is 24.4 Å². The first kappa shape index (κ1) is 15.8. The van der Waals surface area contributed by atoms with Gasteiger partial charge in [0.25, 0.3) is 0 Å². The molecule has 0 bridgehead atoms. The molecule has 3 rings (SSSR count). The number of fused-ring (bicyclic) bond motifs is 1. The molecule has 1 unspecified atom stereocenters. The summed E-state index contributed by atoms with van der Waals surface area (Å²) in [6.07, 6.45) is 1.65. The van der Waals surface area contributed by atoms with E-state index in [0.717, 1.165) is 17.7 Å². The molecule has 1 aromatic carbocycles. The summed E-state index contributed by atoms with van der Waals surface area (Å²) >= 11 is 0. The quantitative estimate of drug-likeness (QED) is 0.877. The Morgan fingerprint density at radius 2 is 2.25 bits per heavy atom. The Labute approximate surface area is 137 Å². The molecule has 0 spiro atoms. The van der Waals surface area contributed by atoms with E-state index in [0.29, 0.717) is 5.69 Å². The Balaban J connectivity index is 1.58. The fourth-order valence-corrected chi connectivity index (χ4v) is 2.42. The number of hydrogen-bond acceptors (Lipinski definition) is 6. The van der Waals surface area contributed by atoms with Crippen molar-refractivity contribution in [2.75, 3.05) is 17.7 Å². The number of rotatable bonds is 4. The van der Waals surface area contributed by atoms with Crippen molar-refractivity contribution in [3.63, 3.8) is 0 Å². The molecular weight excluding hydrogens is 314 g/mol. The molecule has 0 radical (unpaired) electrons. The molecule has 2 aromatic rings. The molecule has 0 saturated carbocycles. The number of ether oxygens (including phenoxy) is 2. The maximum atomic E-state index is 12.1. The molecule has 1 aliphatic rings. The summed E-state index contributed by atoms with van der Waals surface area (Å²) in [5.41, 5.74) is 1.76. The zero-order valence-electron chi connectivity index (χ0n) is 13.3. The first-order valence-corrected chi connectivity index (χ1v) is 7.38. The SMILES string of the molecule is COC(=O)Nc1cnn(CC(=O)Nc2ccc3c(c2)CC(C)O3)n1. The highest BCUT2D eigenvalue weighted by atomic mass is 16.5. The molecule has 0 saturated heterocycles. The lowest BCUT2D eigenvalue weighted by Gasteiger charge is -2.06. The number of nitrogens with one attached hydrogen (secondary N) is 2. The van der Waals surface area contributed by atoms with Gasteiger partial charge >= 0.3 is 6.09 Å². The van der Waals surface area contributed by atoms with Gasteiger partial charge in [0.2, 0.25) is 5.91 Å². The largest absolute Gasteiger partial charge is 0.490 e. The number of carbonyl (C=O) groups excluding carboxylic acids is 2. The fraction of sp³-hybridized carbons (Fsp3) is 0.333. The Morgan fingerprint density at radius 1 is 1.42 bits per heavy atom. The summed E-state index contributed by atoms with van der Waals surface area (Å²) in [4.78, 5) is 24.3. The van der Waals surface area contributed by atoms with E-state index < -0.39 is 6.09 Å². The first-order chi connectivity index (χ1) is 11.5. The van der Waals surface area contributed by atoms with Gasteiger partial charge in [0.05, 0.1) is 13.3 Å². The minimum atomic E-state index is -0.652. The van der Waals surface area contributed by atoms with Crippen molar-refractivity contribution in [1.82, 2.24) is 15.0 Å². The Morgan fingerprint density at radius 3 is 3.04 bits per heavy atom. The van der Waals surface area contributed by atoms with E-state index in [1.54, 1.807) is 6.07 Å². The molecule has 1 atom stereocenters. The van der Waals surface area contributed by atoms with Crippen molar-refractivity contribution >= 4 is 23.5 Å². The maximum absolute atomic E-state index is 12.1. The van der Waals surface area contributed by atoms with Crippen molar-refractivity contribution in [1.29, 1.82) is 0 Å². The van der Waals surface area contributed by atoms with Crippen LogP contribution in [0.4, 0.5) is 16.3 Å². The zero-order valence-corrected chi connectivity index (χ0v) is 13.3. The van der Waals surface area contributed by atoms with Crippen LogP contribution in [0.1, 0.15) is 12.5 Å². The van der Waals surface area contributed by atoms with Gasteiger partial charge in [-0.25, -0.2) is 4.79 Å². The van der Waals surface area contributed by atoms with Crippen LogP contribution in [-0.4, -0.2) is 40.2 Å². The number of nitrogens with zero attached hydrogens (tertiary/aromatic N) is 3. The first-order valence-electron chi connectivity index (χ1n) is 7.38. The van der Waals surface area contributed by atoms with E-state index in [9.17, 15) is 9.59 Å². The molecule has 126 valence electrons. The van der Waals surface area contributed by atoms with Gasteiger partial charge in [-0.1, -0.05) is 0 Å². The lowest BCUT2D eigenvalue weighted by Crippen LogP contribution is -2.20. The Kier molecular flexibility index (Phi) is 4.32. The highest BCUT2D eigenvalue weighted by Gasteiger charge is 2.19. The van der Waals surface area contributed by atoms with Crippen LogP contribution < -0.4 is 15.4 Å². The maximum Gasteiger partial charge on any atom is 0.412 e. The Hall–Kier alpha value is -3.10. The molecule has 9 nitrogen and oxygen atoms in total. The average Bonchev–Trinajstić information content (AvgIpc) is 3.11. The van der Waals surface area contributed by atoms with Gasteiger partial charge in [0.1, 0.15) is 18.4 Å². The van der Waals surface area contributed by atoms with Crippen molar-refractivity contribution in [3.8, 4) is 5.75 Å². The van der Waals surface area contributed by atoms with Crippen LogP contribution in [-0.2, 0) is 22.5 Å². The second-order valence-corrected chi connectivity index (χ2v) is 5.38. The van der Waals surface area contributed by atoms with Crippen LogP contribution in [0.3, 0.4) is 0 Å². The summed E-state index contributed by atoms with van der Waals surface area (Å²) in [5, 5.41) is 13.0. The summed E-state index contributed by atoms with van der Waals surface area (Å²) in [7, 11) is 1.25. The van der Waals surface area contributed by atoms with Gasteiger partial charge in [-0.05, 0) is 30.7 Å². The molecule has 1 aromatic heterocycles. The number of benzene rings is 1. The third-order valence-corrected chi connectivity index (χ3v) is 3.42. The standard InChI is InChI=1S/C15H17N5O4/c1-9-5-10-6-11(3-4-12(10)24-9)17-14(21)8-20-16-7-13(19-20)18-15(22)23-2/h3-4,6-7,9H,5,8H2,1-2H3,(H,17,21)(H,18,19,22). The second-order valence-electron chi connectivity index (χ2n) is 5.38. The van der Waals surface area contributed by atoms with E-state index in [2.05, 4.69) is 25.6 Å². The van der Waals surface area contributed by atoms with E-state index in [1.165, 1.54) is 18.1 Å². The van der Waals surface area contributed by atoms with Gasteiger partial charge in [-0.2, -0.15) is 9.90 Å². The van der Waals surface area contributed by atoms with Gasteiger partial charge in [-0.3, -0.25) is 10.1 Å². The van der Waals surface area contributed by atoms with Gasteiger partial charge in [0, 0.05) is 12.1 Å². The van der Waals surface area contributed by atoms with Crippen LogP contribution in [0, 0.1) is 0 Å². The van der Waals surface area contributed by atoms with Crippen molar-refractivity contribution in [2.45, 2.75) is 26.0 Å². The molecule has 9 heteroatoms. The van der Waals surface area contributed by atoms with Crippen LogP contribution in [0.2, 0.25) is 0 Å². The van der Waals surface area contributed by atoms with E-state index in [1.807, 2.05) is 19.1 Å². The monoisotopic (exact) mass is 331 g/mol. The number of amides is 2. The number of hydrogen-bond donors (Lipinski definition) is 2. The summed E-state index contributed by atoms with van der Waals surface area (Å²) < 4.78 is 10.1. The highest BCUT2D eigenvalue weighted by Crippen LogP contribution is 2.30. The van der Waals surface area contributed by atoms with Crippen LogP contribution in [0.25, 0.3) is 0 Å². The van der Waals surface area contributed by atoms with Crippen molar-refractivity contribution < 1.29 is 19.1 Å². The van der Waals surface area contributed by atoms with Crippen LogP contribution >= 0.6 is 0 Å². The van der Waals surface area contributed by atoms with Gasteiger partial charge < -0.3 is 14.8 Å². The summed E-state index contributed by atoms with van der Waals surface area (Å²) in [6.45, 7) is 1.93. The molecule has 2 amide bonds. The molecule has 0 fully saturated rings. The third-order valence-electron chi connectivity index (χ3n) is 3.42. The van der Waals surface area contributed by atoms with E-state index in [-0.39, 0.29) is 24.4 Å². The minimum Gasteiger partial charge on any atom is -0.490 e. The van der Waals surface area contributed by atoms with Crippen LogP contribution in [0.5, 0.6) is 5.75 Å². The molecular formula is C15H17N5O4. The molecule has 24 heavy (non-hydrogen) atoms. The normalized spacial score (nSPS) is 15.3. The molecule has 2 heterocycles. The lowest BCUT2D eigenvalue weighted by atomic mass is 10.1. The van der Waals surface area contributed by atoms with Gasteiger partial charge in [-0.15, -0.1) is 5.10 Å². The topological polar surface area (TPSA) is 107 Å². The smallest absolute Gasteiger partial charge is 0.412 e. The van der Waals surface area contributed by atoms with E-state index in [4.69, 9.17) is 4.74 Å². The second kappa shape index (κ2) is 6.57. The predicted octanol–water partition coefficient (Wildman–Crippen LogP) is 1.42. The summed E-state index contributed by atoms with van der Waals surface area (Å²) in [5.74, 6) is 0.785.